The highest BCUT2D eigenvalue weighted by molar-refractivity contribution is 5.93. The van der Waals surface area contributed by atoms with Crippen LogP contribution in [0, 0.1) is 0 Å². The largest absolute Gasteiger partial charge is 0.497 e. The molecule has 0 unspecified atom stereocenters. The Balaban J connectivity index is 1.28. The first-order valence-corrected chi connectivity index (χ1v) is 11.2. The van der Waals surface area contributed by atoms with Gasteiger partial charge in [0, 0.05) is 36.7 Å². The van der Waals surface area contributed by atoms with E-state index in [-0.39, 0.29) is 5.91 Å². The molecular weight excluding hydrogens is 406 g/mol. The molecule has 1 amide bonds. The van der Waals surface area contributed by atoms with Crippen molar-refractivity contribution < 1.29 is 14.3 Å². The molecule has 32 heavy (non-hydrogen) atoms. The first kappa shape index (κ1) is 20.6. The summed E-state index contributed by atoms with van der Waals surface area (Å²) in [5.41, 5.74) is 4.48. The summed E-state index contributed by atoms with van der Waals surface area (Å²) in [5.74, 6) is 2.51. The summed E-state index contributed by atoms with van der Waals surface area (Å²) in [6.45, 7) is 1.20. The van der Waals surface area contributed by atoms with Crippen molar-refractivity contribution in [2.75, 3.05) is 20.8 Å². The number of carbonyl (C=O) groups is 1. The maximum Gasteiger partial charge on any atom is 0.269 e. The van der Waals surface area contributed by atoms with E-state index in [0.29, 0.717) is 47.8 Å². The molecule has 2 aliphatic rings. The van der Waals surface area contributed by atoms with Crippen LogP contribution in [0.5, 0.6) is 11.5 Å². The molecule has 2 saturated carbocycles. The van der Waals surface area contributed by atoms with E-state index in [2.05, 4.69) is 21.2 Å². The summed E-state index contributed by atoms with van der Waals surface area (Å²) in [7, 11) is 5.00. The molecule has 2 fully saturated rings. The third-order valence-electron chi connectivity index (χ3n) is 6.23. The van der Waals surface area contributed by atoms with Crippen molar-refractivity contribution in [2.24, 2.45) is 7.05 Å². The fraction of sp³-hybridized carbons (Fsp3) is 0.458. The predicted octanol–water partition coefficient (Wildman–Crippen LogP) is 3.49. The van der Waals surface area contributed by atoms with Gasteiger partial charge in [-0.2, -0.15) is 10.2 Å². The van der Waals surface area contributed by atoms with Gasteiger partial charge in [0.2, 0.25) is 0 Å². The van der Waals surface area contributed by atoms with E-state index in [9.17, 15) is 4.79 Å². The molecule has 2 aliphatic carbocycles. The molecule has 2 aromatic heterocycles. The monoisotopic (exact) mass is 435 g/mol. The first-order chi connectivity index (χ1) is 15.6. The van der Waals surface area contributed by atoms with Crippen LogP contribution in [-0.4, -0.2) is 46.2 Å². The zero-order chi connectivity index (χ0) is 22.2. The molecule has 168 valence electrons. The summed E-state index contributed by atoms with van der Waals surface area (Å²) in [5, 5.41) is 12.4. The van der Waals surface area contributed by atoms with Crippen molar-refractivity contribution in [3.8, 4) is 22.8 Å². The zero-order valence-corrected chi connectivity index (χ0v) is 18.8. The first-order valence-electron chi connectivity index (χ1n) is 11.2. The molecule has 1 aromatic carbocycles. The lowest BCUT2D eigenvalue weighted by Crippen LogP contribution is -2.29. The molecule has 0 aliphatic heterocycles. The van der Waals surface area contributed by atoms with Gasteiger partial charge >= 0.3 is 0 Å². The maximum absolute atomic E-state index is 12.9. The van der Waals surface area contributed by atoms with Gasteiger partial charge in [0.05, 0.1) is 32.2 Å². The van der Waals surface area contributed by atoms with Crippen LogP contribution >= 0.6 is 0 Å². The number of amides is 1. The number of aryl methyl sites for hydroxylation is 1. The molecule has 8 nitrogen and oxygen atoms in total. The van der Waals surface area contributed by atoms with Crippen LogP contribution < -0.4 is 14.8 Å². The highest BCUT2D eigenvalue weighted by Crippen LogP contribution is 2.44. The number of carbonyl (C=O) groups excluding carboxylic acids is 1. The molecule has 8 heteroatoms. The number of rotatable bonds is 9. The average molecular weight is 436 g/mol. The second-order valence-corrected chi connectivity index (χ2v) is 8.63. The van der Waals surface area contributed by atoms with Crippen molar-refractivity contribution in [3.63, 3.8) is 0 Å². The number of methoxy groups -OCH3 is 2. The normalized spacial score (nSPS) is 15.6. The smallest absolute Gasteiger partial charge is 0.269 e. The minimum atomic E-state index is -0.157. The Hall–Kier alpha value is -3.29. The lowest BCUT2D eigenvalue weighted by atomic mass is 10.1. The van der Waals surface area contributed by atoms with E-state index in [4.69, 9.17) is 14.6 Å². The SMILES string of the molecule is COc1ccc(OC)c(-c2cc(C(=O)NCCn3nc(C4CC4)cc3C3CC3)n(C)n2)c1. The van der Waals surface area contributed by atoms with Crippen molar-refractivity contribution in [2.45, 2.75) is 44.1 Å². The van der Waals surface area contributed by atoms with Gasteiger partial charge in [-0.05, 0) is 56.0 Å². The van der Waals surface area contributed by atoms with Crippen molar-refractivity contribution >= 4 is 5.91 Å². The topological polar surface area (TPSA) is 83.2 Å². The van der Waals surface area contributed by atoms with Crippen LogP contribution in [0.15, 0.2) is 30.3 Å². The number of benzene rings is 1. The number of nitrogens with one attached hydrogen (secondary N) is 1. The summed E-state index contributed by atoms with van der Waals surface area (Å²) >= 11 is 0. The van der Waals surface area contributed by atoms with E-state index in [1.165, 1.54) is 37.1 Å². The number of nitrogens with zero attached hydrogens (tertiary/aromatic N) is 4. The van der Waals surface area contributed by atoms with Crippen LogP contribution in [0.3, 0.4) is 0 Å². The quantitative estimate of drug-likeness (QED) is 0.556. The Kier molecular flexibility index (Phi) is 5.36. The van der Waals surface area contributed by atoms with Crippen LogP contribution in [0.1, 0.15) is 59.4 Å². The second-order valence-electron chi connectivity index (χ2n) is 8.63. The summed E-state index contributed by atoms with van der Waals surface area (Å²) in [4.78, 5) is 12.9. The highest BCUT2D eigenvalue weighted by atomic mass is 16.5. The number of ether oxygens (including phenoxy) is 2. The maximum atomic E-state index is 12.9. The molecule has 0 bridgehead atoms. The third-order valence-corrected chi connectivity index (χ3v) is 6.23. The van der Waals surface area contributed by atoms with E-state index in [1.807, 2.05) is 18.2 Å². The van der Waals surface area contributed by atoms with Crippen molar-refractivity contribution in [1.82, 2.24) is 24.9 Å². The molecule has 1 N–H and O–H groups in total. The van der Waals surface area contributed by atoms with Gasteiger partial charge in [-0.25, -0.2) is 0 Å². The van der Waals surface area contributed by atoms with Gasteiger partial charge in [-0.3, -0.25) is 14.2 Å². The highest BCUT2D eigenvalue weighted by Gasteiger charge is 2.32. The van der Waals surface area contributed by atoms with Gasteiger partial charge in [0.15, 0.2) is 0 Å². The van der Waals surface area contributed by atoms with Crippen LogP contribution in [-0.2, 0) is 13.6 Å². The van der Waals surface area contributed by atoms with E-state index in [1.54, 1.807) is 32.0 Å². The minimum Gasteiger partial charge on any atom is -0.497 e. The van der Waals surface area contributed by atoms with E-state index < -0.39 is 0 Å². The van der Waals surface area contributed by atoms with Gasteiger partial charge < -0.3 is 14.8 Å². The molecule has 3 aromatic rings. The van der Waals surface area contributed by atoms with E-state index >= 15 is 0 Å². The fourth-order valence-electron chi connectivity index (χ4n) is 4.11. The van der Waals surface area contributed by atoms with Gasteiger partial charge in [-0.1, -0.05) is 0 Å². The predicted molar refractivity (Wildman–Crippen MR) is 120 cm³/mol. The molecule has 0 atom stereocenters. The molecule has 5 rings (SSSR count). The Morgan fingerprint density at radius 1 is 1.06 bits per heavy atom. The Bertz CT molecular complexity index is 1140. The number of hydrogen-bond donors (Lipinski definition) is 1. The van der Waals surface area contributed by atoms with Crippen LogP contribution in [0.2, 0.25) is 0 Å². The third kappa shape index (κ3) is 4.09. The van der Waals surface area contributed by atoms with Gasteiger partial charge in [0.25, 0.3) is 5.91 Å². The number of aromatic nitrogens is 4. The summed E-state index contributed by atoms with van der Waals surface area (Å²) < 4.78 is 14.5. The van der Waals surface area contributed by atoms with Crippen molar-refractivity contribution in [3.05, 3.63) is 47.4 Å². The van der Waals surface area contributed by atoms with Crippen LogP contribution in [0.25, 0.3) is 11.3 Å². The standard InChI is InChI=1S/C24H29N5O3/c1-28-22(14-20(26-28)18-12-17(31-2)8-9-23(18)32-3)24(30)25-10-11-29-21(16-6-7-16)13-19(27-29)15-4-5-15/h8-9,12-16H,4-7,10-11H2,1-3H3,(H,25,30). The molecule has 0 radical (unpaired) electrons. The Labute approximate surface area is 187 Å². The fourth-order valence-corrected chi connectivity index (χ4v) is 4.11. The Morgan fingerprint density at radius 2 is 1.84 bits per heavy atom. The average Bonchev–Trinajstić information content (AvgIpc) is 3.74. The molecule has 2 heterocycles. The van der Waals surface area contributed by atoms with E-state index in [0.717, 1.165) is 5.56 Å². The lowest BCUT2D eigenvalue weighted by molar-refractivity contribution is 0.0942. The Morgan fingerprint density at radius 3 is 2.53 bits per heavy atom. The number of hydrogen-bond acceptors (Lipinski definition) is 5. The minimum absolute atomic E-state index is 0.157. The van der Waals surface area contributed by atoms with Crippen LogP contribution in [0.4, 0.5) is 0 Å². The lowest BCUT2D eigenvalue weighted by Gasteiger charge is -2.08. The summed E-state index contributed by atoms with van der Waals surface area (Å²) in [6, 6.07) is 9.59. The van der Waals surface area contributed by atoms with Crippen molar-refractivity contribution in [1.29, 1.82) is 0 Å². The van der Waals surface area contributed by atoms with Gasteiger partial charge in [-0.15, -0.1) is 0 Å². The summed E-state index contributed by atoms with van der Waals surface area (Å²) in [6.07, 6.45) is 4.99. The molecule has 0 saturated heterocycles. The molecular formula is C24H29N5O3. The second kappa shape index (κ2) is 8.33. The van der Waals surface area contributed by atoms with Gasteiger partial charge in [0.1, 0.15) is 17.2 Å². The zero-order valence-electron chi connectivity index (χ0n) is 18.8. The molecule has 0 spiro atoms.